The Kier molecular flexibility index (Phi) is 5.01. The SMILES string of the molecule is NC(=O)CC1CCCN1C(=O)C1CN(c2cnc3ccc(-c4ccc5oc(N)nc5c4)cc3n2)C1. The van der Waals surface area contributed by atoms with Gasteiger partial charge in [-0.3, -0.25) is 14.6 Å². The molecular weight excluding hydrogens is 446 g/mol. The molecule has 0 saturated carbocycles. The zero-order chi connectivity index (χ0) is 24.1. The van der Waals surface area contributed by atoms with E-state index in [-0.39, 0.29) is 36.2 Å². The fraction of sp³-hybridized carbons (Fsp3) is 0.320. The lowest BCUT2D eigenvalue weighted by Crippen LogP contribution is -2.56. The second kappa shape index (κ2) is 8.23. The number of benzene rings is 2. The van der Waals surface area contributed by atoms with Gasteiger partial charge in [0.15, 0.2) is 5.58 Å². The molecule has 2 fully saturated rings. The van der Waals surface area contributed by atoms with E-state index in [1.54, 1.807) is 6.20 Å². The highest BCUT2D eigenvalue weighted by molar-refractivity contribution is 5.87. The molecule has 0 bridgehead atoms. The lowest BCUT2D eigenvalue weighted by molar-refractivity contribution is -0.137. The van der Waals surface area contributed by atoms with E-state index in [0.717, 1.165) is 40.8 Å². The summed E-state index contributed by atoms with van der Waals surface area (Å²) in [4.78, 5) is 41.8. The number of nitrogens with two attached hydrogens (primary N) is 2. The molecule has 6 rings (SSSR count). The number of likely N-dealkylation sites (tertiary alicyclic amines) is 1. The Hall–Kier alpha value is -4.21. The Labute approximate surface area is 200 Å². The monoisotopic (exact) mass is 471 g/mol. The number of rotatable bonds is 5. The van der Waals surface area contributed by atoms with Gasteiger partial charge in [0.05, 0.1) is 23.1 Å². The van der Waals surface area contributed by atoms with E-state index in [1.165, 1.54) is 0 Å². The molecule has 2 aromatic heterocycles. The molecule has 4 heterocycles. The van der Waals surface area contributed by atoms with Crippen LogP contribution in [0.1, 0.15) is 19.3 Å². The Bertz CT molecular complexity index is 1460. The molecule has 0 radical (unpaired) electrons. The number of amides is 2. The van der Waals surface area contributed by atoms with Gasteiger partial charge in [0.1, 0.15) is 11.3 Å². The van der Waals surface area contributed by atoms with Gasteiger partial charge >= 0.3 is 0 Å². The third-order valence-electron chi connectivity index (χ3n) is 6.92. The van der Waals surface area contributed by atoms with Gasteiger partial charge in [-0.15, -0.1) is 0 Å². The first kappa shape index (κ1) is 21.3. The van der Waals surface area contributed by atoms with Gasteiger partial charge in [0.25, 0.3) is 6.01 Å². The van der Waals surface area contributed by atoms with Crippen LogP contribution in [-0.4, -0.2) is 57.3 Å². The number of fused-ring (bicyclic) bond motifs is 2. The molecule has 0 aliphatic carbocycles. The number of primary amides is 1. The summed E-state index contributed by atoms with van der Waals surface area (Å²) in [6.07, 6.45) is 3.73. The van der Waals surface area contributed by atoms with Gasteiger partial charge in [0.2, 0.25) is 11.8 Å². The van der Waals surface area contributed by atoms with Crippen LogP contribution in [0.3, 0.4) is 0 Å². The smallest absolute Gasteiger partial charge is 0.292 e. The summed E-state index contributed by atoms with van der Waals surface area (Å²) < 4.78 is 5.36. The predicted molar refractivity (Wildman–Crippen MR) is 131 cm³/mol. The Balaban J connectivity index is 1.19. The first-order chi connectivity index (χ1) is 16.9. The van der Waals surface area contributed by atoms with Crippen LogP contribution >= 0.6 is 0 Å². The molecule has 35 heavy (non-hydrogen) atoms. The zero-order valence-corrected chi connectivity index (χ0v) is 19.1. The minimum Gasteiger partial charge on any atom is -0.424 e. The van der Waals surface area contributed by atoms with Crippen LogP contribution in [0.2, 0.25) is 0 Å². The van der Waals surface area contributed by atoms with Gasteiger partial charge in [-0.25, -0.2) is 4.98 Å². The Morgan fingerprint density at radius 2 is 1.80 bits per heavy atom. The molecule has 178 valence electrons. The van der Waals surface area contributed by atoms with E-state index in [2.05, 4.69) is 14.9 Å². The molecule has 1 unspecified atom stereocenters. The molecule has 10 heteroatoms. The molecular formula is C25H25N7O3. The number of hydrogen-bond donors (Lipinski definition) is 2. The van der Waals surface area contributed by atoms with Crippen molar-refractivity contribution >= 4 is 45.8 Å². The highest BCUT2D eigenvalue weighted by Crippen LogP contribution is 2.31. The average molecular weight is 472 g/mol. The number of carbonyl (C=O) groups excluding carboxylic acids is 2. The van der Waals surface area contributed by atoms with Gasteiger partial charge in [-0.05, 0) is 48.2 Å². The van der Waals surface area contributed by atoms with E-state index >= 15 is 0 Å². The second-order valence-electron chi connectivity index (χ2n) is 9.27. The van der Waals surface area contributed by atoms with E-state index in [9.17, 15) is 9.59 Å². The molecule has 2 amide bonds. The van der Waals surface area contributed by atoms with E-state index in [0.29, 0.717) is 30.7 Å². The number of oxazole rings is 1. The van der Waals surface area contributed by atoms with E-state index < -0.39 is 0 Å². The first-order valence-electron chi connectivity index (χ1n) is 11.7. The summed E-state index contributed by atoms with van der Waals surface area (Å²) in [6, 6.07) is 11.8. The largest absolute Gasteiger partial charge is 0.424 e. The molecule has 2 saturated heterocycles. The summed E-state index contributed by atoms with van der Waals surface area (Å²) >= 11 is 0. The van der Waals surface area contributed by atoms with Crippen LogP contribution in [0.25, 0.3) is 33.3 Å². The van der Waals surface area contributed by atoms with Crippen molar-refractivity contribution in [2.75, 3.05) is 30.3 Å². The van der Waals surface area contributed by atoms with Crippen LogP contribution in [0.5, 0.6) is 0 Å². The second-order valence-corrected chi connectivity index (χ2v) is 9.27. The quantitative estimate of drug-likeness (QED) is 0.451. The number of anilines is 2. The summed E-state index contributed by atoms with van der Waals surface area (Å²) in [6.45, 7) is 1.87. The normalized spacial score (nSPS) is 18.3. The van der Waals surface area contributed by atoms with Gasteiger partial charge in [-0.1, -0.05) is 12.1 Å². The third-order valence-corrected chi connectivity index (χ3v) is 6.92. The molecule has 10 nitrogen and oxygen atoms in total. The standard InChI is InChI=1S/C25H25N7O3/c26-22(33)10-17-2-1-7-32(17)24(34)16-12-31(13-16)23-11-28-18-5-3-14(8-19(18)29-23)15-4-6-21-20(9-15)30-25(27)35-21/h3-6,8-9,11,16-17H,1-2,7,10,12-13H2,(H2,26,33)(H2,27,30). The summed E-state index contributed by atoms with van der Waals surface area (Å²) in [5.74, 6) is 0.383. The summed E-state index contributed by atoms with van der Waals surface area (Å²) in [7, 11) is 0. The number of nitrogen functional groups attached to an aromatic ring is 1. The molecule has 1 atom stereocenters. The maximum atomic E-state index is 13.0. The van der Waals surface area contributed by atoms with Gasteiger partial charge in [0, 0.05) is 32.1 Å². The lowest BCUT2D eigenvalue weighted by atomic mass is 9.97. The van der Waals surface area contributed by atoms with Crippen LogP contribution in [-0.2, 0) is 9.59 Å². The number of nitrogens with zero attached hydrogens (tertiary/aromatic N) is 5. The average Bonchev–Trinajstić information content (AvgIpc) is 3.41. The van der Waals surface area contributed by atoms with E-state index in [1.807, 2.05) is 41.3 Å². The fourth-order valence-electron chi connectivity index (χ4n) is 5.09. The minimum atomic E-state index is -0.360. The maximum Gasteiger partial charge on any atom is 0.292 e. The van der Waals surface area contributed by atoms with Crippen LogP contribution in [0, 0.1) is 5.92 Å². The predicted octanol–water partition coefficient (Wildman–Crippen LogP) is 2.32. The highest BCUT2D eigenvalue weighted by Gasteiger charge is 2.40. The molecule has 0 spiro atoms. The van der Waals surface area contributed by atoms with Gasteiger partial charge < -0.3 is 25.7 Å². The lowest BCUT2D eigenvalue weighted by Gasteiger charge is -2.41. The first-order valence-corrected chi connectivity index (χ1v) is 11.7. The number of hydrogen-bond acceptors (Lipinski definition) is 8. The van der Waals surface area contributed by atoms with Crippen molar-refractivity contribution in [1.82, 2.24) is 19.9 Å². The topological polar surface area (TPSA) is 144 Å². The fourth-order valence-corrected chi connectivity index (χ4v) is 5.09. The number of carbonyl (C=O) groups is 2. The van der Waals surface area contributed by atoms with Crippen LogP contribution in [0.15, 0.2) is 47.0 Å². The summed E-state index contributed by atoms with van der Waals surface area (Å²) in [5, 5.41) is 0. The van der Waals surface area contributed by atoms with Crippen LogP contribution in [0.4, 0.5) is 11.8 Å². The van der Waals surface area contributed by atoms with Crippen molar-refractivity contribution < 1.29 is 14.0 Å². The number of aromatic nitrogens is 3. The Morgan fingerprint density at radius 3 is 2.60 bits per heavy atom. The molecule has 2 aromatic carbocycles. The van der Waals surface area contributed by atoms with Crippen molar-refractivity contribution in [3.63, 3.8) is 0 Å². The third kappa shape index (κ3) is 3.90. The molecule has 2 aliphatic rings. The van der Waals surface area contributed by atoms with Gasteiger partial charge in [-0.2, -0.15) is 4.98 Å². The van der Waals surface area contributed by atoms with Crippen molar-refractivity contribution in [3.8, 4) is 11.1 Å². The highest BCUT2D eigenvalue weighted by atomic mass is 16.4. The Morgan fingerprint density at radius 1 is 1.03 bits per heavy atom. The van der Waals surface area contributed by atoms with Crippen molar-refractivity contribution in [2.24, 2.45) is 11.7 Å². The van der Waals surface area contributed by atoms with Crippen molar-refractivity contribution in [1.29, 1.82) is 0 Å². The maximum absolute atomic E-state index is 13.0. The molecule has 2 aliphatic heterocycles. The van der Waals surface area contributed by atoms with E-state index in [4.69, 9.17) is 20.9 Å². The zero-order valence-electron chi connectivity index (χ0n) is 19.1. The summed E-state index contributed by atoms with van der Waals surface area (Å²) in [5.41, 5.74) is 15.9. The minimum absolute atomic E-state index is 0.0687. The molecule has 4 aromatic rings. The van der Waals surface area contributed by atoms with Crippen molar-refractivity contribution in [2.45, 2.75) is 25.3 Å². The molecule has 4 N–H and O–H groups in total. The van der Waals surface area contributed by atoms with Crippen LogP contribution < -0.4 is 16.4 Å². The van der Waals surface area contributed by atoms with Crippen molar-refractivity contribution in [3.05, 3.63) is 42.6 Å².